The summed E-state index contributed by atoms with van der Waals surface area (Å²) in [5, 5.41) is 9.61. The number of carbonyl (C=O) groups is 1. The quantitative estimate of drug-likeness (QED) is 0.754. The molecular formula is C18H21NO6S. The first-order valence-electron chi connectivity index (χ1n) is 7.78. The first-order valence-corrected chi connectivity index (χ1v) is 9.22. The SMILES string of the molecule is COc1ccc(CC(C(=O)O)N(C)S(=O)(=O)c2ccccc2)c(OC)c1. The molecule has 0 bridgehead atoms. The van der Waals surface area contributed by atoms with Gasteiger partial charge in [0.2, 0.25) is 10.0 Å². The lowest BCUT2D eigenvalue weighted by atomic mass is 10.0. The van der Waals surface area contributed by atoms with E-state index in [0.29, 0.717) is 17.1 Å². The van der Waals surface area contributed by atoms with Crippen LogP contribution < -0.4 is 9.47 Å². The van der Waals surface area contributed by atoms with Crippen LogP contribution in [0, 0.1) is 0 Å². The first-order chi connectivity index (χ1) is 12.3. The maximum atomic E-state index is 12.7. The molecule has 8 heteroatoms. The summed E-state index contributed by atoms with van der Waals surface area (Å²) in [4.78, 5) is 11.8. The average molecular weight is 379 g/mol. The standard InChI is InChI=1S/C18H21NO6S/c1-19(26(22,23)15-7-5-4-6-8-15)16(18(20)21)11-13-9-10-14(24-2)12-17(13)25-3/h4-10,12,16H,11H2,1-3H3,(H,20,21). The Morgan fingerprint density at radius 1 is 1.12 bits per heavy atom. The Morgan fingerprint density at radius 3 is 2.31 bits per heavy atom. The fourth-order valence-electron chi connectivity index (χ4n) is 2.53. The van der Waals surface area contributed by atoms with E-state index >= 15 is 0 Å². The molecule has 0 heterocycles. The molecule has 26 heavy (non-hydrogen) atoms. The number of likely N-dealkylation sites (N-methyl/N-ethyl adjacent to an activating group) is 1. The molecule has 140 valence electrons. The number of methoxy groups -OCH3 is 2. The van der Waals surface area contributed by atoms with E-state index in [1.807, 2.05) is 0 Å². The van der Waals surface area contributed by atoms with Gasteiger partial charge < -0.3 is 14.6 Å². The molecule has 1 unspecified atom stereocenters. The molecule has 2 aromatic rings. The van der Waals surface area contributed by atoms with E-state index in [9.17, 15) is 18.3 Å². The predicted molar refractivity (Wildman–Crippen MR) is 96.1 cm³/mol. The van der Waals surface area contributed by atoms with Crippen molar-refractivity contribution in [2.24, 2.45) is 0 Å². The van der Waals surface area contributed by atoms with E-state index in [1.54, 1.807) is 36.4 Å². The van der Waals surface area contributed by atoms with Gasteiger partial charge in [-0.3, -0.25) is 4.79 Å². The smallest absolute Gasteiger partial charge is 0.322 e. The van der Waals surface area contributed by atoms with E-state index < -0.39 is 22.0 Å². The molecule has 0 amide bonds. The molecule has 2 rings (SSSR count). The molecule has 0 radical (unpaired) electrons. The lowest BCUT2D eigenvalue weighted by molar-refractivity contribution is -0.141. The lowest BCUT2D eigenvalue weighted by Crippen LogP contribution is -2.43. The number of hydrogen-bond donors (Lipinski definition) is 1. The molecular weight excluding hydrogens is 358 g/mol. The predicted octanol–water partition coefficient (Wildman–Crippen LogP) is 2.02. The second kappa shape index (κ2) is 8.20. The van der Waals surface area contributed by atoms with Gasteiger partial charge in [-0.05, 0) is 23.8 Å². The van der Waals surface area contributed by atoms with Crippen molar-refractivity contribution in [2.75, 3.05) is 21.3 Å². The molecule has 0 aliphatic carbocycles. The minimum atomic E-state index is -3.95. The van der Waals surface area contributed by atoms with Crippen molar-refractivity contribution in [1.29, 1.82) is 0 Å². The van der Waals surface area contributed by atoms with Crippen LogP contribution in [0.15, 0.2) is 53.4 Å². The second-order valence-corrected chi connectivity index (χ2v) is 7.57. The number of benzene rings is 2. The number of carboxylic acids is 1. The molecule has 0 fully saturated rings. The van der Waals surface area contributed by atoms with Crippen molar-refractivity contribution >= 4 is 16.0 Å². The van der Waals surface area contributed by atoms with Gasteiger partial charge in [-0.15, -0.1) is 0 Å². The maximum absolute atomic E-state index is 12.7. The van der Waals surface area contributed by atoms with Gasteiger partial charge in [0.15, 0.2) is 0 Å². The highest BCUT2D eigenvalue weighted by Crippen LogP contribution is 2.27. The van der Waals surface area contributed by atoms with E-state index in [1.165, 1.54) is 33.4 Å². The second-order valence-electron chi connectivity index (χ2n) is 5.57. The minimum Gasteiger partial charge on any atom is -0.497 e. The number of nitrogens with zero attached hydrogens (tertiary/aromatic N) is 1. The van der Waals surface area contributed by atoms with Crippen LogP contribution in [-0.2, 0) is 21.2 Å². The summed E-state index contributed by atoms with van der Waals surface area (Å²) in [6.07, 6.45) is -0.0505. The Kier molecular flexibility index (Phi) is 6.23. The van der Waals surface area contributed by atoms with Gasteiger partial charge in [0.25, 0.3) is 0 Å². The molecule has 2 aromatic carbocycles. The summed E-state index contributed by atoms with van der Waals surface area (Å²) < 4.78 is 36.7. The number of carboxylic acid groups (broad SMARTS) is 1. The molecule has 0 aliphatic rings. The highest BCUT2D eigenvalue weighted by atomic mass is 32.2. The summed E-state index contributed by atoms with van der Waals surface area (Å²) in [7, 11) is 0.278. The van der Waals surface area contributed by atoms with Crippen molar-refractivity contribution in [2.45, 2.75) is 17.4 Å². The van der Waals surface area contributed by atoms with Crippen LogP contribution in [0.3, 0.4) is 0 Å². The van der Waals surface area contributed by atoms with Gasteiger partial charge in [-0.1, -0.05) is 24.3 Å². The largest absolute Gasteiger partial charge is 0.497 e. The van der Waals surface area contributed by atoms with Gasteiger partial charge in [0.05, 0.1) is 19.1 Å². The van der Waals surface area contributed by atoms with Gasteiger partial charge in [-0.2, -0.15) is 4.31 Å². The van der Waals surface area contributed by atoms with E-state index in [0.717, 1.165) is 4.31 Å². The number of rotatable bonds is 8. The highest BCUT2D eigenvalue weighted by molar-refractivity contribution is 7.89. The van der Waals surface area contributed by atoms with Crippen LogP contribution in [0.25, 0.3) is 0 Å². The Labute approximate surface area is 152 Å². The van der Waals surface area contributed by atoms with Gasteiger partial charge in [0, 0.05) is 19.5 Å². The molecule has 0 aromatic heterocycles. The van der Waals surface area contributed by atoms with Gasteiger partial charge >= 0.3 is 5.97 Å². The average Bonchev–Trinajstić information content (AvgIpc) is 2.65. The Morgan fingerprint density at radius 2 is 1.77 bits per heavy atom. The minimum absolute atomic E-state index is 0.0374. The molecule has 0 saturated heterocycles. The Balaban J connectivity index is 2.37. The first kappa shape index (κ1) is 19.7. The van der Waals surface area contributed by atoms with Gasteiger partial charge in [0.1, 0.15) is 17.5 Å². The third kappa shape index (κ3) is 4.14. The topological polar surface area (TPSA) is 93.1 Å². The highest BCUT2D eigenvalue weighted by Gasteiger charge is 2.33. The van der Waals surface area contributed by atoms with Crippen LogP contribution in [0.4, 0.5) is 0 Å². The van der Waals surface area contributed by atoms with E-state index in [2.05, 4.69) is 0 Å². The van der Waals surface area contributed by atoms with Crippen LogP contribution >= 0.6 is 0 Å². The van der Waals surface area contributed by atoms with Crippen LogP contribution in [0.2, 0.25) is 0 Å². The van der Waals surface area contributed by atoms with Crippen LogP contribution in [0.1, 0.15) is 5.56 Å². The lowest BCUT2D eigenvalue weighted by Gasteiger charge is -2.25. The van der Waals surface area contributed by atoms with E-state index in [4.69, 9.17) is 9.47 Å². The number of hydrogen-bond acceptors (Lipinski definition) is 5. The third-order valence-corrected chi connectivity index (χ3v) is 5.93. The fraction of sp³-hybridized carbons (Fsp3) is 0.278. The van der Waals surface area contributed by atoms with Gasteiger partial charge in [-0.25, -0.2) is 8.42 Å². The zero-order chi connectivity index (χ0) is 19.3. The molecule has 1 atom stereocenters. The molecule has 0 aliphatic heterocycles. The van der Waals surface area contributed by atoms with Crippen LogP contribution in [0.5, 0.6) is 11.5 Å². The summed E-state index contributed by atoms with van der Waals surface area (Å²) in [5.41, 5.74) is 0.566. The summed E-state index contributed by atoms with van der Waals surface area (Å²) in [5.74, 6) is -0.256. The zero-order valence-corrected chi connectivity index (χ0v) is 15.6. The Bertz CT molecular complexity index is 867. The fourth-order valence-corrected chi connectivity index (χ4v) is 3.86. The summed E-state index contributed by atoms with van der Waals surface area (Å²) in [6.45, 7) is 0. The number of aliphatic carboxylic acids is 1. The zero-order valence-electron chi connectivity index (χ0n) is 14.7. The molecule has 0 saturated carbocycles. The van der Waals surface area contributed by atoms with Crippen molar-refractivity contribution in [3.05, 3.63) is 54.1 Å². The Hall–Kier alpha value is -2.58. The van der Waals surface area contributed by atoms with Crippen molar-refractivity contribution in [1.82, 2.24) is 4.31 Å². The van der Waals surface area contributed by atoms with E-state index in [-0.39, 0.29) is 11.3 Å². The van der Waals surface area contributed by atoms with Crippen molar-refractivity contribution in [3.8, 4) is 11.5 Å². The monoisotopic (exact) mass is 379 g/mol. The molecule has 0 spiro atoms. The molecule has 7 nitrogen and oxygen atoms in total. The maximum Gasteiger partial charge on any atom is 0.322 e. The number of sulfonamides is 1. The summed E-state index contributed by atoms with van der Waals surface area (Å²) in [6, 6.07) is 11.4. The van der Waals surface area contributed by atoms with Crippen LogP contribution in [-0.4, -0.2) is 51.1 Å². The normalized spacial score (nSPS) is 12.6. The molecule has 1 N–H and O–H groups in total. The van der Waals surface area contributed by atoms with Crippen molar-refractivity contribution < 1.29 is 27.8 Å². The third-order valence-electron chi connectivity index (χ3n) is 4.05. The summed E-state index contributed by atoms with van der Waals surface area (Å²) >= 11 is 0. The van der Waals surface area contributed by atoms with Crippen molar-refractivity contribution in [3.63, 3.8) is 0 Å². The number of ether oxygens (including phenoxy) is 2.